The van der Waals surface area contributed by atoms with Crippen molar-refractivity contribution >= 4 is 5.91 Å². The molecule has 1 atom stereocenters. The van der Waals surface area contributed by atoms with Gasteiger partial charge in [-0.15, -0.1) is 0 Å². The van der Waals surface area contributed by atoms with Gasteiger partial charge in [-0.2, -0.15) is 0 Å². The average Bonchev–Trinajstić information content (AvgIpc) is 3.11. The standard InChI is InChI=1S/C18H21N3O2/c1-12-10-21-11-15(3-5-17(21)19-12)20-18(22)9-13-2-4-16-14(8-13)6-7-23-16/h2,4,8,10,15H,3,5-7,9,11H2,1H3,(H,20,22). The van der Waals surface area contributed by atoms with E-state index in [2.05, 4.69) is 27.1 Å². The second-order valence-corrected chi connectivity index (χ2v) is 6.47. The van der Waals surface area contributed by atoms with Crippen LogP contribution >= 0.6 is 0 Å². The van der Waals surface area contributed by atoms with Crippen LogP contribution in [0.1, 0.15) is 29.1 Å². The van der Waals surface area contributed by atoms with Gasteiger partial charge in [-0.25, -0.2) is 4.98 Å². The number of carbonyl (C=O) groups excluding carboxylic acids is 1. The zero-order chi connectivity index (χ0) is 15.8. The molecule has 0 fully saturated rings. The normalized spacial score (nSPS) is 18.9. The minimum Gasteiger partial charge on any atom is -0.493 e. The van der Waals surface area contributed by atoms with Gasteiger partial charge in [0.15, 0.2) is 0 Å². The van der Waals surface area contributed by atoms with Gasteiger partial charge >= 0.3 is 0 Å². The molecule has 0 saturated heterocycles. The third kappa shape index (κ3) is 2.96. The Balaban J connectivity index is 1.37. The summed E-state index contributed by atoms with van der Waals surface area (Å²) < 4.78 is 7.67. The van der Waals surface area contributed by atoms with Crippen molar-refractivity contribution in [2.24, 2.45) is 0 Å². The van der Waals surface area contributed by atoms with Gasteiger partial charge in [-0.3, -0.25) is 4.79 Å². The van der Waals surface area contributed by atoms with E-state index >= 15 is 0 Å². The monoisotopic (exact) mass is 311 g/mol. The second kappa shape index (κ2) is 5.72. The van der Waals surface area contributed by atoms with Crippen molar-refractivity contribution in [3.8, 4) is 5.75 Å². The van der Waals surface area contributed by atoms with Crippen molar-refractivity contribution in [1.82, 2.24) is 14.9 Å². The van der Waals surface area contributed by atoms with E-state index in [1.807, 2.05) is 19.1 Å². The average molecular weight is 311 g/mol. The van der Waals surface area contributed by atoms with Gasteiger partial charge in [-0.05, 0) is 30.5 Å². The number of carbonyl (C=O) groups is 1. The highest BCUT2D eigenvalue weighted by Crippen LogP contribution is 2.26. The van der Waals surface area contributed by atoms with E-state index in [1.165, 1.54) is 5.56 Å². The molecule has 2 aliphatic rings. The molecule has 1 amide bonds. The first kappa shape index (κ1) is 14.3. The molecule has 5 heteroatoms. The fourth-order valence-electron chi connectivity index (χ4n) is 3.52. The SMILES string of the molecule is Cc1cn2c(n1)CCC(NC(=O)Cc1ccc3c(c1)CCO3)C2. The highest BCUT2D eigenvalue weighted by Gasteiger charge is 2.21. The van der Waals surface area contributed by atoms with E-state index in [0.717, 1.165) is 55.2 Å². The van der Waals surface area contributed by atoms with E-state index in [4.69, 9.17) is 4.74 Å². The summed E-state index contributed by atoms with van der Waals surface area (Å²) in [5, 5.41) is 3.17. The van der Waals surface area contributed by atoms with Gasteiger partial charge in [0, 0.05) is 31.6 Å². The minimum atomic E-state index is 0.0918. The zero-order valence-corrected chi connectivity index (χ0v) is 13.3. The first-order chi connectivity index (χ1) is 11.2. The molecule has 23 heavy (non-hydrogen) atoms. The molecule has 1 aromatic carbocycles. The summed E-state index contributed by atoms with van der Waals surface area (Å²) in [7, 11) is 0. The fourth-order valence-corrected chi connectivity index (χ4v) is 3.52. The minimum absolute atomic E-state index is 0.0918. The van der Waals surface area contributed by atoms with E-state index in [-0.39, 0.29) is 11.9 Å². The highest BCUT2D eigenvalue weighted by molar-refractivity contribution is 5.79. The van der Waals surface area contributed by atoms with Crippen LogP contribution in [0.15, 0.2) is 24.4 Å². The van der Waals surface area contributed by atoms with E-state index < -0.39 is 0 Å². The van der Waals surface area contributed by atoms with Crippen LogP contribution in [-0.4, -0.2) is 28.1 Å². The second-order valence-electron chi connectivity index (χ2n) is 6.47. The third-order valence-corrected chi connectivity index (χ3v) is 4.60. The van der Waals surface area contributed by atoms with Crippen molar-refractivity contribution in [2.75, 3.05) is 6.61 Å². The maximum Gasteiger partial charge on any atom is 0.224 e. The number of hydrogen-bond acceptors (Lipinski definition) is 3. The molecule has 1 aromatic heterocycles. The maximum atomic E-state index is 12.3. The smallest absolute Gasteiger partial charge is 0.224 e. The molecule has 5 nitrogen and oxygen atoms in total. The number of nitrogens with one attached hydrogen (secondary N) is 1. The number of imidazole rings is 1. The molecule has 4 rings (SSSR count). The number of rotatable bonds is 3. The van der Waals surface area contributed by atoms with Gasteiger partial charge in [0.2, 0.25) is 5.91 Å². The van der Waals surface area contributed by atoms with Crippen LogP contribution in [0.4, 0.5) is 0 Å². The van der Waals surface area contributed by atoms with Crippen LogP contribution < -0.4 is 10.1 Å². The van der Waals surface area contributed by atoms with Crippen molar-refractivity contribution in [3.05, 3.63) is 47.0 Å². The van der Waals surface area contributed by atoms with E-state index in [1.54, 1.807) is 0 Å². The zero-order valence-electron chi connectivity index (χ0n) is 13.3. The lowest BCUT2D eigenvalue weighted by Gasteiger charge is -2.24. The first-order valence-electron chi connectivity index (χ1n) is 8.24. The van der Waals surface area contributed by atoms with Gasteiger partial charge in [0.25, 0.3) is 0 Å². The van der Waals surface area contributed by atoms with Crippen molar-refractivity contribution in [1.29, 1.82) is 0 Å². The molecule has 1 N–H and O–H groups in total. The molecule has 0 bridgehead atoms. The summed E-state index contributed by atoms with van der Waals surface area (Å²) in [6.07, 6.45) is 5.32. The van der Waals surface area contributed by atoms with E-state index in [9.17, 15) is 4.79 Å². The number of amides is 1. The molecule has 2 aliphatic heterocycles. The Bertz CT molecular complexity index is 751. The van der Waals surface area contributed by atoms with Gasteiger partial charge in [0.1, 0.15) is 11.6 Å². The largest absolute Gasteiger partial charge is 0.493 e. The summed E-state index contributed by atoms with van der Waals surface area (Å²) in [5.41, 5.74) is 3.32. The predicted octanol–water partition coefficient (Wildman–Crippen LogP) is 1.80. The number of nitrogens with zero attached hydrogens (tertiary/aromatic N) is 2. The lowest BCUT2D eigenvalue weighted by molar-refractivity contribution is -0.121. The third-order valence-electron chi connectivity index (χ3n) is 4.60. The number of benzene rings is 1. The quantitative estimate of drug-likeness (QED) is 0.940. The first-order valence-corrected chi connectivity index (χ1v) is 8.24. The van der Waals surface area contributed by atoms with Crippen LogP contribution in [-0.2, 0) is 30.6 Å². The molecule has 0 radical (unpaired) electrons. The summed E-state index contributed by atoms with van der Waals surface area (Å²) in [6.45, 7) is 3.58. The lowest BCUT2D eigenvalue weighted by Crippen LogP contribution is -2.41. The Morgan fingerprint density at radius 1 is 1.43 bits per heavy atom. The van der Waals surface area contributed by atoms with Crippen LogP contribution in [0.5, 0.6) is 5.75 Å². The number of aromatic nitrogens is 2. The van der Waals surface area contributed by atoms with Crippen molar-refractivity contribution in [3.63, 3.8) is 0 Å². The molecule has 3 heterocycles. The van der Waals surface area contributed by atoms with Crippen molar-refractivity contribution < 1.29 is 9.53 Å². The van der Waals surface area contributed by atoms with Crippen molar-refractivity contribution in [2.45, 2.75) is 45.2 Å². The summed E-state index contributed by atoms with van der Waals surface area (Å²) >= 11 is 0. The Hall–Kier alpha value is -2.30. The summed E-state index contributed by atoms with van der Waals surface area (Å²) in [4.78, 5) is 16.8. The van der Waals surface area contributed by atoms with Crippen LogP contribution in [0.25, 0.3) is 0 Å². The molecule has 2 aromatic rings. The van der Waals surface area contributed by atoms with Gasteiger partial charge in [-0.1, -0.05) is 12.1 Å². The molecule has 120 valence electrons. The number of hydrogen-bond donors (Lipinski definition) is 1. The number of ether oxygens (including phenoxy) is 1. The molecule has 0 saturated carbocycles. The van der Waals surface area contributed by atoms with E-state index in [0.29, 0.717) is 6.42 Å². The Morgan fingerprint density at radius 3 is 3.26 bits per heavy atom. The molecular formula is C18H21N3O2. The topological polar surface area (TPSA) is 56.2 Å². The molecular weight excluding hydrogens is 290 g/mol. The van der Waals surface area contributed by atoms with Crippen LogP contribution in [0.3, 0.4) is 0 Å². The Labute approximate surface area is 135 Å². The Morgan fingerprint density at radius 2 is 2.35 bits per heavy atom. The summed E-state index contributed by atoms with van der Waals surface area (Å²) in [6, 6.07) is 6.26. The van der Waals surface area contributed by atoms with Crippen LogP contribution in [0.2, 0.25) is 0 Å². The fraction of sp³-hybridized carbons (Fsp3) is 0.444. The number of aryl methyl sites for hydroxylation is 2. The number of fused-ring (bicyclic) bond motifs is 2. The molecule has 1 unspecified atom stereocenters. The Kier molecular flexibility index (Phi) is 3.56. The van der Waals surface area contributed by atoms with Gasteiger partial charge in [0.05, 0.1) is 18.7 Å². The molecule has 0 spiro atoms. The molecule has 0 aliphatic carbocycles. The summed E-state index contributed by atoms with van der Waals surface area (Å²) in [5.74, 6) is 2.19. The maximum absolute atomic E-state index is 12.3. The highest BCUT2D eigenvalue weighted by atomic mass is 16.5. The van der Waals surface area contributed by atoms with Crippen LogP contribution in [0, 0.1) is 6.92 Å². The van der Waals surface area contributed by atoms with Gasteiger partial charge < -0.3 is 14.6 Å². The predicted molar refractivity (Wildman–Crippen MR) is 86.6 cm³/mol. The lowest BCUT2D eigenvalue weighted by atomic mass is 10.0.